The molecule has 0 spiro atoms. The van der Waals surface area contributed by atoms with E-state index in [9.17, 15) is 9.59 Å². The van der Waals surface area contributed by atoms with Gasteiger partial charge in [-0.25, -0.2) is 4.68 Å². The molecule has 7 nitrogen and oxygen atoms in total. The Balaban J connectivity index is 1.66. The van der Waals surface area contributed by atoms with Crippen molar-refractivity contribution in [2.45, 2.75) is 13.0 Å². The Labute approximate surface area is 124 Å². The average molecular weight is 306 g/mol. The number of rotatable bonds is 4. The summed E-state index contributed by atoms with van der Waals surface area (Å²) in [5.41, 5.74) is 0.262. The number of thiophene rings is 1. The maximum Gasteiger partial charge on any atom is 0.308 e. The molecule has 0 aliphatic carbocycles. The van der Waals surface area contributed by atoms with Crippen molar-refractivity contribution in [3.8, 4) is 0 Å². The topological polar surface area (TPSA) is 88.3 Å². The van der Waals surface area contributed by atoms with Gasteiger partial charge >= 0.3 is 5.97 Å². The first kappa shape index (κ1) is 13.7. The van der Waals surface area contributed by atoms with Gasteiger partial charge in [0, 0.05) is 18.0 Å². The summed E-state index contributed by atoms with van der Waals surface area (Å²) in [5.74, 6) is -1.59. The molecule has 1 unspecified atom stereocenters. The highest BCUT2D eigenvalue weighted by molar-refractivity contribution is 7.09. The molecule has 21 heavy (non-hydrogen) atoms. The maximum absolute atomic E-state index is 12.3. The van der Waals surface area contributed by atoms with E-state index in [1.807, 2.05) is 17.5 Å². The fourth-order valence-electron chi connectivity index (χ4n) is 2.34. The number of carbonyl (C=O) groups excluding carboxylic acids is 1. The summed E-state index contributed by atoms with van der Waals surface area (Å²) in [6.45, 7) is 1.27. The highest BCUT2D eigenvalue weighted by Crippen LogP contribution is 2.18. The van der Waals surface area contributed by atoms with Crippen molar-refractivity contribution in [3.63, 3.8) is 0 Å². The molecule has 3 rings (SSSR count). The molecule has 0 saturated carbocycles. The number of likely N-dealkylation sites (tertiary alicyclic amines) is 1. The van der Waals surface area contributed by atoms with E-state index >= 15 is 0 Å². The van der Waals surface area contributed by atoms with E-state index < -0.39 is 11.9 Å². The largest absolute Gasteiger partial charge is 0.481 e. The lowest BCUT2D eigenvalue weighted by Crippen LogP contribution is -2.30. The standard InChI is InChI=1S/C13H14N4O3S/c18-12(16-4-3-9(6-16)13(19)20)11-8-17(15-14-11)7-10-2-1-5-21-10/h1-2,5,8-9H,3-4,6-7H2,(H,19,20). The maximum atomic E-state index is 12.3. The molecular weight excluding hydrogens is 292 g/mol. The molecule has 1 atom stereocenters. The predicted octanol–water partition coefficient (Wildman–Crippen LogP) is 0.935. The van der Waals surface area contributed by atoms with E-state index in [-0.39, 0.29) is 18.1 Å². The van der Waals surface area contributed by atoms with Crippen molar-refractivity contribution >= 4 is 23.2 Å². The van der Waals surface area contributed by atoms with Crippen LogP contribution in [0.25, 0.3) is 0 Å². The molecule has 0 radical (unpaired) electrons. The third-order valence-corrected chi connectivity index (χ3v) is 4.34. The zero-order valence-corrected chi connectivity index (χ0v) is 12.0. The van der Waals surface area contributed by atoms with Gasteiger partial charge in [-0.2, -0.15) is 0 Å². The molecule has 0 aromatic carbocycles. The van der Waals surface area contributed by atoms with Gasteiger partial charge in [0.1, 0.15) is 0 Å². The number of carboxylic acid groups (broad SMARTS) is 1. The number of amides is 1. The highest BCUT2D eigenvalue weighted by Gasteiger charge is 2.32. The first-order chi connectivity index (χ1) is 10.1. The van der Waals surface area contributed by atoms with Crippen molar-refractivity contribution in [1.29, 1.82) is 0 Å². The van der Waals surface area contributed by atoms with Crippen LogP contribution >= 0.6 is 11.3 Å². The molecule has 0 bridgehead atoms. The molecule has 1 fully saturated rings. The number of carbonyl (C=O) groups is 2. The third kappa shape index (κ3) is 2.94. The lowest BCUT2D eigenvalue weighted by Gasteiger charge is -2.13. The molecule has 8 heteroatoms. The zero-order valence-electron chi connectivity index (χ0n) is 11.2. The van der Waals surface area contributed by atoms with E-state index in [2.05, 4.69) is 10.3 Å². The number of carboxylic acids is 1. The minimum Gasteiger partial charge on any atom is -0.481 e. The van der Waals surface area contributed by atoms with Crippen LogP contribution in [0, 0.1) is 5.92 Å². The summed E-state index contributed by atoms with van der Waals surface area (Å²) in [5, 5.41) is 18.8. The van der Waals surface area contributed by atoms with E-state index in [4.69, 9.17) is 5.11 Å². The van der Waals surface area contributed by atoms with Gasteiger partial charge in [0.2, 0.25) is 0 Å². The van der Waals surface area contributed by atoms with Gasteiger partial charge in [-0.1, -0.05) is 11.3 Å². The number of aromatic nitrogens is 3. The second-order valence-electron chi connectivity index (χ2n) is 4.96. The SMILES string of the molecule is O=C(O)C1CCN(C(=O)c2cn(Cc3cccs3)nn2)C1. The summed E-state index contributed by atoms with van der Waals surface area (Å²) in [7, 11) is 0. The van der Waals surface area contributed by atoms with Crippen LogP contribution in [0.1, 0.15) is 21.8 Å². The Morgan fingerprint density at radius 2 is 2.33 bits per heavy atom. The molecule has 3 heterocycles. The van der Waals surface area contributed by atoms with E-state index in [1.165, 1.54) is 4.90 Å². The smallest absolute Gasteiger partial charge is 0.308 e. The zero-order chi connectivity index (χ0) is 14.8. The van der Waals surface area contributed by atoms with Crippen molar-refractivity contribution in [3.05, 3.63) is 34.3 Å². The van der Waals surface area contributed by atoms with Crippen LogP contribution < -0.4 is 0 Å². The number of hydrogen-bond acceptors (Lipinski definition) is 5. The molecule has 1 amide bonds. The lowest BCUT2D eigenvalue weighted by molar-refractivity contribution is -0.141. The van der Waals surface area contributed by atoms with Gasteiger partial charge < -0.3 is 10.0 Å². The van der Waals surface area contributed by atoms with E-state index in [1.54, 1.807) is 22.2 Å². The van der Waals surface area contributed by atoms with Crippen LogP contribution in [0.5, 0.6) is 0 Å². The van der Waals surface area contributed by atoms with E-state index in [0.29, 0.717) is 19.5 Å². The summed E-state index contributed by atoms with van der Waals surface area (Å²) in [4.78, 5) is 25.8. The quantitative estimate of drug-likeness (QED) is 0.908. The first-order valence-electron chi connectivity index (χ1n) is 6.58. The number of hydrogen-bond donors (Lipinski definition) is 1. The minimum absolute atomic E-state index is 0.242. The van der Waals surface area contributed by atoms with Crippen molar-refractivity contribution in [2.24, 2.45) is 5.92 Å². The summed E-state index contributed by atoms with van der Waals surface area (Å²) < 4.78 is 1.61. The van der Waals surface area contributed by atoms with Crippen LogP contribution in [0.2, 0.25) is 0 Å². The Bertz CT molecular complexity index is 652. The number of aliphatic carboxylic acids is 1. The molecule has 2 aromatic rings. The van der Waals surface area contributed by atoms with Crippen LogP contribution in [0.3, 0.4) is 0 Å². The highest BCUT2D eigenvalue weighted by atomic mass is 32.1. The molecule has 1 aliphatic rings. The van der Waals surface area contributed by atoms with Gasteiger partial charge in [0.05, 0.1) is 18.7 Å². The van der Waals surface area contributed by atoms with Crippen LogP contribution in [-0.2, 0) is 11.3 Å². The fourth-order valence-corrected chi connectivity index (χ4v) is 3.04. The molecule has 1 N–H and O–H groups in total. The van der Waals surface area contributed by atoms with Gasteiger partial charge in [0.15, 0.2) is 5.69 Å². The van der Waals surface area contributed by atoms with Crippen LogP contribution in [-0.4, -0.2) is 50.0 Å². The first-order valence-corrected chi connectivity index (χ1v) is 7.46. The Hall–Kier alpha value is -2.22. The predicted molar refractivity (Wildman–Crippen MR) is 75.1 cm³/mol. The van der Waals surface area contributed by atoms with E-state index in [0.717, 1.165) is 4.88 Å². The molecule has 1 saturated heterocycles. The Kier molecular flexibility index (Phi) is 3.70. The van der Waals surface area contributed by atoms with Crippen molar-refractivity contribution in [2.75, 3.05) is 13.1 Å². The Morgan fingerprint density at radius 1 is 1.48 bits per heavy atom. The second-order valence-corrected chi connectivity index (χ2v) is 5.99. The summed E-state index contributed by atoms with van der Waals surface area (Å²) in [6.07, 6.45) is 2.10. The van der Waals surface area contributed by atoms with Crippen LogP contribution in [0.4, 0.5) is 0 Å². The molecule has 2 aromatic heterocycles. The van der Waals surface area contributed by atoms with Gasteiger partial charge in [-0.05, 0) is 17.9 Å². The van der Waals surface area contributed by atoms with Gasteiger partial charge in [-0.3, -0.25) is 9.59 Å². The molecule has 110 valence electrons. The summed E-state index contributed by atoms with van der Waals surface area (Å²) in [6, 6.07) is 3.95. The molecular formula is C13H14N4O3S. The van der Waals surface area contributed by atoms with Crippen molar-refractivity contribution < 1.29 is 14.7 Å². The van der Waals surface area contributed by atoms with Gasteiger partial charge in [0.25, 0.3) is 5.91 Å². The normalized spacial score (nSPS) is 18.1. The number of nitrogens with zero attached hydrogens (tertiary/aromatic N) is 4. The second kappa shape index (κ2) is 5.65. The van der Waals surface area contributed by atoms with Gasteiger partial charge in [-0.15, -0.1) is 16.4 Å². The molecule has 1 aliphatic heterocycles. The summed E-state index contributed by atoms with van der Waals surface area (Å²) >= 11 is 1.61. The third-order valence-electron chi connectivity index (χ3n) is 3.48. The minimum atomic E-state index is -0.855. The van der Waals surface area contributed by atoms with Crippen LogP contribution in [0.15, 0.2) is 23.7 Å². The monoisotopic (exact) mass is 306 g/mol. The average Bonchev–Trinajstić information content (AvgIpc) is 3.20. The Morgan fingerprint density at radius 3 is 3.00 bits per heavy atom. The van der Waals surface area contributed by atoms with Crippen molar-refractivity contribution in [1.82, 2.24) is 19.9 Å². The lowest BCUT2D eigenvalue weighted by atomic mass is 10.1. The fraction of sp³-hybridized carbons (Fsp3) is 0.385.